The first kappa shape index (κ1) is 12.6. The van der Waals surface area contributed by atoms with Gasteiger partial charge in [0.1, 0.15) is 18.1 Å². The third kappa shape index (κ3) is 2.90. The summed E-state index contributed by atoms with van der Waals surface area (Å²) in [6, 6.07) is 9.43. The van der Waals surface area contributed by atoms with Gasteiger partial charge in [-0.3, -0.25) is 10.1 Å². The number of ether oxygens (including phenoxy) is 1. The Kier molecular flexibility index (Phi) is 3.48. The minimum absolute atomic E-state index is 0.0978. The lowest BCUT2D eigenvalue weighted by atomic mass is 10.2. The average molecular weight is 258 g/mol. The number of rotatable bonds is 4. The highest BCUT2D eigenvalue weighted by atomic mass is 16.6. The van der Waals surface area contributed by atoms with Gasteiger partial charge in [0.05, 0.1) is 16.6 Å². The van der Waals surface area contributed by atoms with Crippen molar-refractivity contribution < 1.29 is 14.1 Å². The van der Waals surface area contributed by atoms with Crippen LogP contribution in [0.15, 0.2) is 34.7 Å². The van der Waals surface area contributed by atoms with Crippen LogP contribution in [0.2, 0.25) is 0 Å². The molecule has 0 spiro atoms. The third-order valence-corrected chi connectivity index (χ3v) is 2.45. The first-order chi connectivity index (χ1) is 9.10. The van der Waals surface area contributed by atoms with E-state index < -0.39 is 4.92 Å². The van der Waals surface area contributed by atoms with Gasteiger partial charge in [-0.1, -0.05) is 0 Å². The molecule has 0 N–H and O–H groups in total. The Morgan fingerprint density at radius 1 is 1.42 bits per heavy atom. The fraction of sp³-hybridized carbons (Fsp3) is 0.154. The summed E-state index contributed by atoms with van der Waals surface area (Å²) in [5.41, 5.74) is -0.0183. The molecular weight excluding hydrogens is 248 g/mol. The summed E-state index contributed by atoms with van der Waals surface area (Å²) in [5.74, 6) is 1.43. The largest absolute Gasteiger partial charge is 0.479 e. The molecule has 6 heteroatoms. The molecule has 0 fully saturated rings. The van der Waals surface area contributed by atoms with Gasteiger partial charge in [0.25, 0.3) is 0 Å². The number of hydrogen-bond donors (Lipinski definition) is 0. The van der Waals surface area contributed by atoms with E-state index in [0.717, 1.165) is 5.76 Å². The van der Waals surface area contributed by atoms with Crippen LogP contribution in [-0.4, -0.2) is 4.92 Å². The Balaban J connectivity index is 2.20. The van der Waals surface area contributed by atoms with Crippen molar-refractivity contribution in [1.82, 2.24) is 0 Å². The van der Waals surface area contributed by atoms with E-state index in [2.05, 4.69) is 0 Å². The van der Waals surface area contributed by atoms with E-state index in [4.69, 9.17) is 14.4 Å². The van der Waals surface area contributed by atoms with Crippen LogP contribution in [-0.2, 0) is 6.61 Å². The monoisotopic (exact) mass is 258 g/mol. The number of benzene rings is 1. The molecule has 0 atom stereocenters. The van der Waals surface area contributed by atoms with E-state index in [9.17, 15) is 10.1 Å². The van der Waals surface area contributed by atoms with Crippen molar-refractivity contribution in [2.24, 2.45) is 0 Å². The molecule has 0 bridgehead atoms. The smallest absolute Gasteiger partial charge is 0.312 e. The zero-order chi connectivity index (χ0) is 13.8. The number of nitro groups is 1. The van der Waals surface area contributed by atoms with E-state index >= 15 is 0 Å². The zero-order valence-electron chi connectivity index (χ0n) is 10.1. The molecule has 0 aliphatic carbocycles. The molecule has 0 unspecified atom stereocenters. The molecule has 0 saturated heterocycles. The van der Waals surface area contributed by atoms with Crippen molar-refractivity contribution in [2.45, 2.75) is 13.5 Å². The van der Waals surface area contributed by atoms with Gasteiger partial charge >= 0.3 is 5.69 Å². The molecule has 2 aromatic rings. The van der Waals surface area contributed by atoms with Gasteiger partial charge in [-0.05, 0) is 31.2 Å². The maximum absolute atomic E-state index is 10.9. The van der Waals surface area contributed by atoms with Gasteiger partial charge in [0.15, 0.2) is 5.75 Å². The van der Waals surface area contributed by atoms with Crippen LogP contribution in [0.3, 0.4) is 0 Å². The second kappa shape index (κ2) is 5.23. The molecular formula is C13H10N2O4. The quantitative estimate of drug-likeness (QED) is 0.621. The molecule has 19 heavy (non-hydrogen) atoms. The highest BCUT2D eigenvalue weighted by Gasteiger charge is 2.16. The van der Waals surface area contributed by atoms with Gasteiger partial charge in [-0.25, -0.2) is 0 Å². The normalized spacial score (nSPS) is 9.89. The number of aryl methyl sites for hydroxylation is 1. The number of nitriles is 1. The Hall–Kier alpha value is -2.81. The predicted molar refractivity (Wildman–Crippen MR) is 65.6 cm³/mol. The number of hydrogen-bond acceptors (Lipinski definition) is 5. The van der Waals surface area contributed by atoms with Crippen molar-refractivity contribution in [3.05, 3.63) is 57.5 Å². The SMILES string of the molecule is Cc1ccc(COc2ccc(C#N)cc2[N+](=O)[O-])o1. The Morgan fingerprint density at radius 2 is 2.21 bits per heavy atom. The van der Waals surface area contributed by atoms with Gasteiger partial charge in [0.2, 0.25) is 0 Å². The average Bonchev–Trinajstić information content (AvgIpc) is 2.82. The molecule has 0 amide bonds. The maximum Gasteiger partial charge on any atom is 0.312 e. The van der Waals surface area contributed by atoms with Crippen LogP contribution < -0.4 is 4.74 Å². The fourth-order valence-corrected chi connectivity index (χ4v) is 1.56. The van der Waals surface area contributed by atoms with Crippen LogP contribution in [0.4, 0.5) is 5.69 Å². The minimum atomic E-state index is -0.580. The Morgan fingerprint density at radius 3 is 2.79 bits per heavy atom. The van der Waals surface area contributed by atoms with Crippen molar-refractivity contribution >= 4 is 5.69 Å². The summed E-state index contributed by atoms with van der Waals surface area (Å²) >= 11 is 0. The molecule has 2 rings (SSSR count). The molecule has 0 aliphatic rings. The summed E-state index contributed by atoms with van der Waals surface area (Å²) in [5, 5.41) is 19.6. The van der Waals surface area contributed by atoms with Crippen LogP contribution in [0, 0.1) is 28.4 Å². The molecule has 1 heterocycles. The molecule has 96 valence electrons. The highest BCUT2D eigenvalue weighted by Crippen LogP contribution is 2.28. The highest BCUT2D eigenvalue weighted by molar-refractivity contribution is 5.51. The summed E-state index contributed by atoms with van der Waals surface area (Å²) in [4.78, 5) is 10.3. The summed E-state index contributed by atoms with van der Waals surface area (Å²) in [6.07, 6.45) is 0. The minimum Gasteiger partial charge on any atom is -0.479 e. The second-order valence-electron chi connectivity index (χ2n) is 3.85. The fourth-order valence-electron chi connectivity index (χ4n) is 1.56. The summed E-state index contributed by atoms with van der Waals surface area (Å²) < 4.78 is 10.7. The van der Waals surface area contributed by atoms with Gasteiger partial charge in [-0.2, -0.15) is 5.26 Å². The molecule has 0 saturated carbocycles. The maximum atomic E-state index is 10.9. The molecule has 6 nitrogen and oxygen atoms in total. The lowest BCUT2D eigenvalue weighted by Gasteiger charge is -2.05. The van der Waals surface area contributed by atoms with Crippen LogP contribution in [0.5, 0.6) is 5.75 Å². The Bertz CT molecular complexity index is 655. The van der Waals surface area contributed by atoms with Gasteiger partial charge in [-0.15, -0.1) is 0 Å². The topological polar surface area (TPSA) is 89.3 Å². The van der Waals surface area contributed by atoms with E-state index in [1.165, 1.54) is 18.2 Å². The third-order valence-electron chi connectivity index (χ3n) is 2.45. The number of furan rings is 1. The standard InChI is InChI=1S/C13H10N2O4/c1-9-2-4-11(19-9)8-18-13-5-3-10(7-14)6-12(13)15(16)17/h2-6H,8H2,1H3. The van der Waals surface area contributed by atoms with E-state index in [0.29, 0.717) is 5.76 Å². The Labute approximate surface area is 109 Å². The predicted octanol–water partition coefficient (Wildman–Crippen LogP) is 2.95. The lowest BCUT2D eigenvalue weighted by molar-refractivity contribution is -0.386. The second-order valence-corrected chi connectivity index (χ2v) is 3.85. The van der Waals surface area contributed by atoms with Crippen molar-refractivity contribution in [2.75, 3.05) is 0 Å². The van der Waals surface area contributed by atoms with Crippen LogP contribution >= 0.6 is 0 Å². The lowest BCUT2D eigenvalue weighted by Crippen LogP contribution is -1.98. The first-order valence-corrected chi connectivity index (χ1v) is 5.47. The zero-order valence-corrected chi connectivity index (χ0v) is 10.1. The van der Waals surface area contributed by atoms with Gasteiger partial charge in [0, 0.05) is 6.07 Å². The van der Waals surface area contributed by atoms with Crippen molar-refractivity contribution in [3.8, 4) is 11.8 Å². The molecule has 1 aromatic heterocycles. The van der Waals surface area contributed by atoms with E-state index in [1.807, 2.05) is 6.07 Å². The number of nitrogens with zero attached hydrogens (tertiary/aromatic N) is 2. The van der Waals surface area contributed by atoms with Crippen molar-refractivity contribution in [1.29, 1.82) is 5.26 Å². The first-order valence-electron chi connectivity index (χ1n) is 5.47. The molecule has 0 radical (unpaired) electrons. The van der Waals surface area contributed by atoms with E-state index in [1.54, 1.807) is 19.1 Å². The van der Waals surface area contributed by atoms with Gasteiger partial charge < -0.3 is 9.15 Å². The van der Waals surface area contributed by atoms with E-state index in [-0.39, 0.29) is 23.6 Å². The van der Waals surface area contributed by atoms with Crippen molar-refractivity contribution in [3.63, 3.8) is 0 Å². The molecule has 0 aliphatic heterocycles. The van der Waals surface area contributed by atoms with Crippen LogP contribution in [0.25, 0.3) is 0 Å². The number of nitro benzene ring substituents is 1. The summed E-state index contributed by atoms with van der Waals surface area (Å²) in [6.45, 7) is 1.90. The summed E-state index contributed by atoms with van der Waals surface area (Å²) in [7, 11) is 0. The van der Waals surface area contributed by atoms with Crippen LogP contribution in [0.1, 0.15) is 17.1 Å². The molecule has 1 aromatic carbocycles.